The molecule has 0 spiro atoms. The van der Waals surface area contributed by atoms with Crippen LogP contribution in [-0.4, -0.2) is 23.9 Å². The molecule has 0 aliphatic carbocycles. The van der Waals surface area contributed by atoms with E-state index >= 15 is 0 Å². The van der Waals surface area contributed by atoms with E-state index in [0.717, 1.165) is 31.6 Å². The Morgan fingerprint density at radius 2 is 1.93 bits per heavy atom. The summed E-state index contributed by atoms with van der Waals surface area (Å²) >= 11 is 5.85. The number of benzene rings is 2. The van der Waals surface area contributed by atoms with Crippen LogP contribution in [0.25, 0.3) is 6.08 Å². The summed E-state index contributed by atoms with van der Waals surface area (Å²) in [6.45, 7) is 3.83. The van der Waals surface area contributed by atoms with Crippen LogP contribution < -0.4 is 10.2 Å². The molecule has 2 aromatic carbocycles. The van der Waals surface area contributed by atoms with E-state index in [9.17, 15) is 20.2 Å². The van der Waals surface area contributed by atoms with Gasteiger partial charge in [0.15, 0.2) is 0 Å². The van der Waals surface area contributed by atoms with Crippen molar-refractivity contribution in [3.8, 4) is 6.07 Å². The first-order valence-electron chi connectivity index (χ1n) is 9.59. The van der Waals surface area contributed by atoms with E-state index in [1.165, 1.54) is 18.2 Å². The van der Waals surface area contributed by atoms with E-state index in [1.807, 2.05) is 6.07 Å². The van der Waals surface area contributed by atoms with E-state index in [0.29, 0.717) is 22.2 Å². The minimum absolute atomic E-state index is 0.0919. The Bertz CT molecular complexity index is 1020. The highest BCUT2D eigenvalue weighted by Crippen LogP contribution is 2.31. The molecule has 1 aliphatic rings. The van der Waals surface area contributed by atoms with Gasteiger partial charge in [0.25, 0.3) is 11.6 Å². The number of carbonyl (C=O) groups is 1. The number of nitro benzene ring substituents is 1. The second-order valence-corrected chi connectivity index (χ2v) is 7.74. The van der Waals surface area contributed by atoms with Crippen LogP contribution in [0, 0.1) is 27.4 Å². The van der Waals surface area contributed by atoms with E-state index in [4.69, 9.17) is 11.6 Å². The molecule has 8 heteroatoms. The molecular formula is C22H21ClN4O3. The molecule has 2 aromatic rings. The number of hydrogen-bond acceptors (Lipinski definition) is 5. The van der Waals surface area contributed by atoms with Crippen LogP contribution in [0.3, 0.4) is 0 Å². The van der Waals surface area contributed by atoms with Crippen molar-refractivity contribution in [3.05, 3.63) is 68.7 Å². The van der Waals surface area contributed by atoms with Crippen LogP contribution in [0.4, 0.5) is 17.1 Å². The van der Waals surface area contributed by atoms with Crippen LogP contribution in [0.5, 0.6) is 0 Å². The van der Waals surface area contributed by atoms with Crippen molar-refractivity contribution >= 4 is 40.6 Å². The smallest absolute Gasteiger partial charge is 0.270 e. The molecule has 7 nitrogen and oxygen atoms in total. The number of rotatable bonds is 5. The van der Waals surface area contributed by atoms with Gasteiger partial charge in [-0.05, 0) is 55.2 Å². The number of carbonyl (C=O) groups excluding carboxylic acids is 1. The zero-order chi connectivity index (χ0) is 21.7. The van der Waals surface area contributed by atoms with Gasteiger partial charge in [0.1, 0.15) is 11.6 Å². The number of piperidine rings is 1. The lowest BCUT2D eigenvalue weighted by Gasteiger charge is -2.33. The van der Waals surface area contributed by atoms with Gasteiger partial charge < -0.3 is 10.2 Å². The van der Waals surface area contributed by atoms with Gasteiger partial charge in [-0.1, -0.05) is 18.5 Å². The number of halogens is 1. The normalized spacial score (nSPS) is 14.8. The van der Waals surface area contributed by atoms with Gasteiger partial charge >= 0.3 is 0 Å². The summed E-state index contributed by atoms with van der Waals surface area (Å²) < 4.78 is 0. The van der Waals surface area contributed by atoms with Crippen molar-refractivity contribution in [3.63, 3.8) is 0 Å². The van der Waals surface area contributed by atoms with Crippen LogP contribution in [0.1, 0.15) is 25.3 Å². The minimum Gasteiger partial charge on any atom is -0.371 e. The molecule has 0 bridgehead atoms. The molecular weight excluding hydrogens is 404 g/mol. The second kappa shape index (κ2) is 9.42. The minimum atomic E-state index is -0.593. The third-order valence-corrected chi connectivity index (χ3v) is 5.37. The van der Waals surface area contributed by atoms with Gasteiger partial charge in [-0.2, -0.15) is 5.26 Å². The number of anilines is 2. The van der Waals surface area contributed by atoms with E-state index in [-0.39, 0.29) is 11.3 Å². The molecule has 3 rings (SSSR count). The van der Waals surface area contributed by atoms with Gasteiger partial charge in [0, 0.05) is 47.2 Å². The summed E-state index contributed by atoms with van der Waals surface area (Å²) in [6, 6.07) is 13.0. The summed E-state index contributed by atoms with van der Waals surface area (Å²) in [4.78, 5) is 25.5. The number of nitriles is 1. The van der Waals surface area contributed by atoms with Gasteiger partial charge in [-0.15, -0.1) is 0 Å². The Hall–Kier alpha value is -3.37. The maximum absolute atomic E-state index is 12.6. The average molecular weight is 425 g/mol. The molecule has 0 unspecified atom stereocenters. The first-order valence-corrected chi connectivity index (χ1v) is 9.97. The zero-order valence-corrected chi connectivity index (χ0v) is 17.2. The number of nitrogens with one attached hydrogen (secondary N) is 1. The summed E-state index contributed by atoms with van der Waals surface area (Å²) in [7, 11) is 0. The lowest BCUT2D eigenvalue weighted by molar-refractivity contribution is -0.384. The summed E-state index contributed by atoms with van der Waals surface area (Å²) in [6.07, 6.45) is 3.44. The molecule has 1 heterocycles. The number of nitro groups is 1. The predicted octanol–water partition coefficient (Wildman–Crippen LogP) is 5.03. The van der Waals surface area contributed by atoms with Crippen LogP contribution in [0.2, 0.25) is 5.02 Å². The fourth-order valence-corrected chi connectivity index (χ4v) is 3.47. The third-order valence-electron chi connectivity index (χ3n) is 5.11. The van der Waals surface area contributed by atoms with Crippen LogP contribution >= 0.6 is 11.6 Å². The highest BCUT2D eigenvalue weighted by Gasteiger charge is 2.21. The largest absolute Gasteiger partial charge is 0.371 e. The van der Waals surface area contributed by atoms with Gasteiger partial charge in [-0.3, -0.25) is 14.9 Å². The van der Waals surface area contributed by atoms with Crippen molar-refractivity contribution in [1.29, 1.82) is 5.26 Å². The predicted molar refractivity (Wildman–Crippen MR) is 117 cm³/mol. The topological polar surface area (TPSA) is 99.3 Å². The number of amides is 1. The Labute approximate surface area is 179 Å². The molecule has 0 radical (unpaired) electrons. The number of non-ortho nitro benzene ring substituents is 1. The Balaban J connectivity index is 1.93. The Morgan fingerprint density at radius 3 is 2.53 bits per heavy atom. The van der Waals surface area contributed by atoms with Gasteiger partial charge in [0.05, 0.1) is 4.92 Å². The zero-order valence-electron chi connectivity index (χ0n) is 16.5. The molecule has 30 heavy (non-hydrogen) atoms. The number of nitrogens with zero attached hydrogens (tertiary/aromatic N) is 3. The molecule has 1 saturated heterocycles. The molecule has 1 aliphatic heterocycles. The van der Waals surface area contributed by atoms with Crippen LogP contribution in [0.15, 0.2) is 48.0 Å². The summed E-state index contributed by atoms with van der Waals surface area (Å²) in [5.74, 6) is 0.0302. The quantitative estimate of drug-likeness (QED) is 0.314. The molecule has 0 atom stereocenters. The second-order valence-electron chi connectivity index (χ2n) is 7.30. The SMILES string of the molecule is CC1CCN(c2ccc([N+](=O)[O-])cc2/C=C(\C#N)C(=O)Nc2ccc(Cl)cc2)CC1. The van der Waals surface area contributed by atoms with E-state index in [1.54, 1.807) is 30.3 Å². The molecule has 1 fully saturated rings. The standard InChI is InChI=1S/C22H21ClN4O3/c1-15-8-10-26(11-9-15)21-7-6-20(27(29)30)13-16(21)12-17(14-24)22(28)25-19-4-2-18(23)3-5-19/h2-7,12-13,15H,8-11H2,1H3,(H,25,28)/b17-12+. The average Bonchev–Trinajstić information content (AvgIpc) is 2.74. The maximum atomic E-state index is 12.6. The summed E-state index contributed by atoms with van der Waals surface area (Å²) in [5.41, 5.74) is 1.51. The van der Waals surface area contributed by atoms with Crippen molar-refractivity contribution in [2.45, 2.75) is 19.8 Å². The fraction of sp³-hybridized carbons (Fsp3) is 0.273. The van der Waals surface area contributed by atoms with Crippen molar-refractivity contribution in [1.82, 2.24) is 0 Å². The Morgan fingerprint density at radius 1 is 1.27 bits per heavy atom. The maximum Gasteiger partial charge on any atom is 0.270 e. The highest BCUT2D eigenvalue weighted by atomic mass is 35.5. The highest BCUT2D eigenvalue weighted by molar-refractivity contribution is 6.30. The third kappa shape index (κ3) is 5.16. The van der Waals surface area contributed by atoms with Crippen molar-refractivity contribution < 1.29 is 9.72 Å². The molecule has 1 N–H and O–H groups in total. The monoisotopic (exact) mass is 424 g/mol. The molecule has 0 saturated carbocycles. The molecule has 1 amide bonds. The van der Waals surface area contributed by atoms with Gasteiger partial charge in [0.2, 0.25) is 0 Å². The Kier molecular flexibility index (Phi) is 6.70. The van der Waals surface area contributed by atoms with Crippen LogP contribution in [-0.2, 0) is 4.79 Å². The lowest BCUT2D eigenvalue weighted by Crippen LogP contribution is -2.33. The summed E-state index contributed by atoms with van der Waals surface area (Å²) in [5, 5.41) is 24.0. The van der Waals surface area contributed by atoms with Crippen molar-refractivity contribution in [2.75, 3.05) is 23.3 Å². The fourth-order valence-electron chi connectivity index (χ4n) is 3.34. The molecule has 154 valence electrons. The first kappa shape index (κ1) is 21.3. The number of hydrogen-bond donors (Lipinski definition) is 1. The van der Waals surface area contributed by atoms with E-state index < -0.39 is 10.8 Å². The van der Waals surface area contributed by atoms with E-state index in [2.05, 4.69) is 17.1 Å². The first-order chi connectivity index (χ1) is 14.4. The lowest BCUT2D eigenvalue weighted by atomic mass is 9.97. The van der Waals surface area contributed by atoms with Crippen molar-refractivity contribution in [2.24, 2.45) is 5.92 Å². The van der Waals surface area contributed by atoms with Gasteiger partial charge in [-0.25, -0.2) is 0 Å². The molecule has 0 aromatic heterocycles.